The molecule has 6 fully saturated rings. The van der Waals surface area contributed by atoms with Gasteiger partial charge >= 0.3 is 17.9 Å². The van der Waals surface area contributed by atoms with Crippen molar-refractivity contribution in [3.8, 4) is 0 Å². The van der Waals surface area contributed by atoms with Gasteiger partial charge in [-0.1, -0.05) is 47.1 Å². The highest BCUT2D eigenvalue weighted by molar-refractivity contribution is 5.95. The summed E-state index contributed by atoms with van der Waals surface area (Å²) in [5, 5.41) is 83.0. The molecule has 19 atom stereocenters. The summed E-state index contributed by atoms with van der Waals surface area (Å²) in [6.45, 7) is 14.8. The van der Waals surface area contributed by atoms with Gasteiger partial charge in [-0.2, -0.15) is 0 Å². The second-order valence-corrected chi connectivity index (χ2v) is 20.6. The summed E-state index contributed by atoms with van der Waals surface area (Å²) in [4.78, 5) is 51.3. The van der Waals surface area contributed by atoms with E-state index in [0.717, 1.165) is 37.7 Å². The van der Waals surface area contributed by atoms with Crippen LogP contribution in [0, 0.1) is 50.2 Å². The molecule has 2 saturated heterocycles. The van der Waals surface area contributed by atoms with Crippen LogP contribution in [0.25, 0.3) is 0 Å². The number of aliphatic carboxylic acids is 3. The third kappa shape index (κ3) is 6.25. The first kappa shape index (κ1) is 43.5. The molecule has 5 unspecified atom stereocenters. The van der Waals surface area contributed by atoms with Crippen LogP contribution in [0.1, 0.15) is 106 Å². The van der Waals surface area contributed by atoms with E-state index in [-0.39, 0.29) is 34.4 Å². The van der Waals surface area contributed by atoms with Gasteiger partial charge in [0, 0.05) is 5.92 Å². The molecule has 16 nitrogen and oxygen atoms in total. The Balaban J connectivity index is 1.17. The first-order valence-electron chi connectivity index (χ1n) is 20.7. The maximum absolute atomic E-state index is 14.8. The molecule has 0 aromatic carbocycles. The summed E-state index contributed by atoms with van der Waals surface area (Å²) in [5.41, 5.74) is -1.81. The molecule has 2 aliphatic heterocycles. The van der Waals surface area contributed by atoms with E-state index in [4.69, 9.17) is 18.9 Å². The number of allylic oxidation sites excluding steroid dienone is 2. The summed E-state index contributed by atoms with van der Waals surface area (Å²) in [5.74, 6) is -4.47. The van der Waals surface area contributed by atoms with Gasteiger partial charge in [-0.25, -0.2) is 9.59 Å². The van der Waals surface area contributed by atoms with Crippen LogP contribution in [-0.2, 0) is 38.1 Å². The molecule has 8 N–H and O–H groups in total. The number of carboxylic acid groups (broad SMARTS) is 3. The molecule has 0 amide bonds. The second-order valence-electron chi connectivity index (χ2n) is 20.6. The van der Waals surface area contributed by atoms with Crippen molar-refractivity contribution in [2.75, 3.05) is 0 Å². The molecule has 0 aromatic rings. The Morgan fingerprint density at radius 3 is 1.88 bits per heavy atom. The number of fused-ring (bicyclic) bond motifs is 7. The van der Waals surface area contributed by atoms with Crippen LogP contribution in [0.4, 0.5) is 0 Å². The van der Waals surface area contributed by atoms with Crippen LogP contribution in [0.3, 0.4) is 0 Å². The Morgan fingerprint density at radius 2 is 1.28 bits per heavy atom. The standard InChI is InChI=1S/C42H62O16/c1-37(2)21-8-11-42(7)31(20(43)16-18-19-17-39(4,36(53)54)13-12-38(19,3)14-15-41(18,42)6)40(21,5)10-9-22(37)55-35-30(26(47)25(46)29(57-35)33(51)52)58-34-27(48)23(44)24(45)28(56-34)32(49)50/h16,19,21-31,34-35,44-48H,8-15,17H2,1-7H3,(H,49,50)(H,51,52)(H,53,54)/t19?,21-,22?,23-,24-,25-,26-,27+,28-,29-,30+,31+,34-,35-,38?,39-,40?,41+,42?/m0/s1. The zero-order valence-corrected chi connectivity index (χ0v) is 34.4. The normalized spacial score (nSPS) is 52.6. The largest absolute Gasteiger partial charge is 0.481 e. The van der Waals surface area contributed by atoms with Crippen LogP contribution in [0.15, 0.2) is 11.6 Å². The molecule has 58 heavy (non-hydrogen) atoms. The van der Waals surface area contributed by atoms with E-state index in [1.165, 1.54) is 0 Å². The number of ketones is 1. The van der Waals surface area contributed by atoms with Crippen molar-refractivity contribution in [2.45, 2.75) is 174 Å². The molecule has 4 saturated carbocycles. The summed E-state index contributed by atoms with van der Waals surface area (Å²) < 4.78 is 23.4. The van der Waals surface area contributed by atoms with Crippen LogP contribution in [0.2, 0.25) is 0 Å². The molecule has 326 valence electrons. The predicted molar refractivity (Wildman–Crippen MR) is 199 cm³/mol. The maximum Gasteiger partial charge on any atom is 0.335 e. The first-order chi connectivity index (χ1) is 26.8. The molecular formula is C42H62O16. The quantitative estimate of drug-likeness (QED) is 0.171. The van der Waals surface area contributed by atoms with Gasteiger partial charge in [0.05, 0.1) is 11.5 Å². The number of rotatable bonds is 7. The van der Waals surface area contributed by atoms with Crippen molar-refractivity contribution in [2.24, 2.45) is 50.2 Å². The van der Waals surface area contributed by atoms with E-state index in [1.807, 2.05) is 26.8 Å². The number of ether oxygens (including phenoxy) is 4. The van der Waals surface area contributed by atoms with Crippen molar-refractivity contribution in [1.29, 1.82) is 0 Å². The van der Waals surface area contributed by atoms with Crippen LogP contribution >= 0.6 is 0 Å². The lowest BCUT2D eigenvalue weighted by molar-refractivity contribution is -0.371. The Hall–Kier alpha value is -2.54. The molecule has 7 rings (SSSR count). The molecular weight excluding hydrogens is 760 g/mol. The maximum atomic E-state index is 14.8. The van der Waals surface area contributed by atoms with E-state index in [1.54, 1.807) is 0 Å². The van der Waals surface area contributed by atoms with Gasteiger partial charge in [-0.3, -0.25) is 9.59 Å². The second kappa shape index (κ2) is 14.3. The fourth-order valence-corrected chi connectivity index (χ4v) is 13.4. The topological polar surface area (TPSA) is 267 Å². The van der Waals surface area contributed by atoms with E-state index >= 15 is 0 Å². The first-order valence-corrected chi connectivity index (χ1v) is 20.7. The number of carbonyl (C=O) groups is 4. The van der Waals surface area contributed by atoms with Crippen molar-refractivity contribution in [3.05, 3.63) is 11.6 Å². The molecule has 16 heteroatoms. The summed E-state index contributed by atoms with van der Waals surface area (Å²) in [7, 11) is 0. The van der Waals surface area contributed by atoms with Gasteiger partial charge in [-0.05, 0) is 110 Å². The van der Waals surface area contributed by atoms with Gasteiger partial charge in [0.25, 0.3) is 0 Å². The van der Waals surface area contributed by atoms with E-state index in [2.05, 4.69) is 27.7 Å². The van der Waals surface area contributed by atoms with Crippen LogP contribution in [0.5, 0.6) is 0 Å². The summed E-state index contributed by atoms with van der Waals surface area (Å²) >= 11 is 0. The number of carboxylic acids is 3. The molecule has 0 radical (unpaired) electrons. The lowest BCUT2D eigenvalue weighted by atomic mass is 9.33. The highest BCUT2D eigenvalue weighted by atomic mass is 16.8. The molecule has 0 aromatic heterocycles. The Morgan fingerprint density at radius 1 is 0.690 bits per heavy atom. The minimum absolute atomic E-state index is 0.0217. The number of carbonyl (C=O) groups excluding carboxylic acids is 1. The number of hydrogen-bond donors (Lipinski definition) is 8. The SMILES string of the molecule is CC12CC[C@](C)(C(=O)O)CC1C1=CC(=O)[C@@H]3C4(C)CCC(O[C@H]5O[C@H](C(=O)O)[C@@H](O)[C@H](O)[C@H]5O[C@@H]5O[C@H](C(=O)O)[C@@H](O)[C@H](O)[C@H]5O)C(C)(C)[C@@H]4CCC3(C)[C@]1(C)CC2. The summed E-state index contributed by atoms with van der Waals surface area (Å²) in [6.07, 6.45) is -12.2. The van der Waals surface area contributed by atoms with Gasteiger partial charge < -0.3 is 59.8 Å². The molecule has 0 spiro atoms. The average molecular weight is 823 g/mol. The lowest BCUT2D eigenvalue weighted by Crippen LogP contribution is -2.68. The number of aliphatic hydroxyl groups excluding tert-OH is 5. The Kier molecular flexibility index (Phi) is 10.7. The smallest absolute Gasteiger partial charge is 0.335 e. The average Bonchev–Trinajstić information content (AvgIpc) is 3.13. The zero-order valence-electron chi connectivity index (χ0n) is 34.4. The highest BCUT2D eigenvalue weighted by Crippen LogP contribution is 2.75. The van der Waals surface area contributed by atoms with Crippen molar-refractivity contribution in [3.63, 3.8) is 0 Å². The lowest BCUT2D eigenvalue weighted by Gasteiger charge is -2.70. The van der Waals surface area contributed by atoms with Crippen molar-refractivity contribution < 1.29 is 79.0 Å². The van der Waals surface area contributed by atoms with Gasteiger partial charge in [0.15, 0.2) is 30.6 Å². The minimum atomic E-state index is -2.05. The molecule has 7 aliphatic rings. The Bertz CT molecular complexity index is 1730. The monoisotopic (exact) mass is 822 g/mol. The third-order valence-corrected chi connectivity index (χ3v) is 17.2. The minimum Gasteiger partial charge on any atom is -0.481 e. The van der Waals surface area contributed by atoms with Crippen molar-refractivity contribution in [1.82, 2.24) is 0 Å². The fraction of sp³-hybridized carbons (Fsp3) is 0.857. The molecule has 5 aliphatic carbocycles. The van der Waals surface area contributed by atoms with Gasteiger partial charge in [0.1, 0.15) is 36.6 Å². The molecule has 0 bridgehead atoms. The fourth-order valence-electron chi connectivity index (χ4n) is 13.4. The van der Waals surface area contributed by atoms with Crippen molar-refractivity contribution >= 4 is 23.7 Å². The van der Waals surface area contributed by atoms with E-state index in [0.29, 0.717) is 25.7 Å². The van der Waals surface area contributed by atoms with Gasteiger partial charge in [0.2, 0.25) is 0 Å². The summed E-state index contributed by atoms with van der Waals surface area (Å²) in [6, 6.07) is 0. The van der Waals surface area contributed by atoms with Crippen LogP contribution in [-0.4, -0.2) is 132 Å². The number of aliphatic hydroxyl groups is 5. The highest BCUT2D eigenvalue weighted by Gasteiger charge is 2.71. The Labute approximate surface area is 337 Å². The number of hydrogen-bond acceptors (Lipinski definition) is 13. The third-order valence-electron chi connectivity index (χ3n) is 17.2. The molecule has 2 heterocycles. The van der Waals surface area contributed by atoms with E-state index < -0.39 is 107 Å². The van der Waals surface area contributed by atoms with E-state index in [9.17, 15) is 60.0 Å². The van der Waals surface area contributed by atoms with Gasteiger partial charge in [-0.15, -0.1) is 0 Å². The zero-order chi connectivity index (χ0) is 42.9. The van der Waals surface area contributed by atoms with Crippen LogP contribution < -0.4 is 0 Å². The predicted octanol–water partition coefficient (Wildman–Crippen LogP) is 2.25.